The maximum absolute atomic E-state index is 13.8. The minimum Gasteiger partial charge on any atom is -0.462 e. The van der Waals surface area contributed by atoms with E-state index in [0.29, 0.717) is 18.4 Å². The van der Waals surface area contributed by atoms with Gasteiger partial charge in [-0.1, -0.05) is 19.4 Å². The Kier molecular flexibility index (Phi) is 7.42. The molecule has 1 spiro atoms. The van der Waals surface area contributed by atoms with Gasteiger partial charge < -0.3 is 23.7 Å². The standard InChI is InChI=1S/C34H44O10/c1-16-12-26(43-31(39)22(16)15-40-18(3)35)17(2)23-8-9-24-21-13-30-34(44-30)28(41-19(4)36)11-10-27(38)33(34,7)25(21)14-29(32(23,24)6)42-20(5)37/h10-11,17,21,23-26,28-30H,8-9,12-15H2,1-7H3/t17-,21-,23+,24-,25-,26?,28-,29+,30+,32+,33-,34+/m0/s1. The molecule has 4 aliphatic carbocycles. The fraction of sp³-hybridized carbons (Fsp3) is 0.735. The van der Waals surface area contributed by atoms with Crippen molar-refractivity contribution < 1.29 is 47.7 Å². The maximum Gasteiger partial charge on any atom is 0.337 e. The van der Waals surface area contributed by atoms with Gasteiger partial charge in [-0.3, -0.25) is 19.2 Å². The van der Waals surface area contributed by atoms with Crippen LogP contribution in [0, 0.1) is 40.4 Å². The average molecular weight is 613 g/mol. The molecule has 4 fully saturated rings. The molecule has 0 amide bonds. The SMILES string of the molecule is CC(=O)OCC1=C(C)CC([C@@H](C)[C@H]2CC[C@H]3[C@@H]4C[C@H]5O[C@]56[C@@H](OC(C)=O)C=CC(=O)[C@]6(C)[C@H]4C[C@@H](OC(C)=O)[C@]23C)OC1=O. The van der Waals surface area contributed by atoms with Crippen molar-refractivity contribution >= 4 is 29.7 Å². The molecule has 6 aliphatic rings. The summed E-state index contributed by atoms with van der Waals surface area (Å²) < 4.78 is 29.4. The predicted molar refractivity (Wildman–Crippen MR) is 154 cm³/mol. The van der Waals surface area contributed by atoms with Gasteiger partial charge >= 0.3 is 23.9 Å². The fourth-order valence-corrected chi connectivity index (χ4v) is 10.4. The molecule has 0 aromatic heterocycles. The number of ketones is 1. The van der Waals surface area contributed by atoms with Gasteiger partial charge in [0, 0.05) is 32.6 Å². The Morgan fingerprint density at radius 2 is 1.70 bits per heavy atom. The molecule has 10 heteroatoms. The van der Waals surface area contributed by atoms with E-state index in [1.54, 1.807) is 6.08 Å². The van der Waals surface area contributed by atoms with Crippen molar-refractivity contribution in [1.82, 2.24) is 0 Å². The summed E-state index contributed by atoms with van der Waals surface area (Å²) >= 11 is 0. The van der Waals surface area contributed by atoms with Crippen LogP contribution in [0.4, 0.5) is 0 Å². The van der Waals surface area contributed by atoms with Crippen molar-refractivity contribution in [2.75, 3.05) is 6.61 Å². The first kappa shape index (κ1) is 31.0. The molecular formula is C34H44O10. The van der Waals surface area contributed by atoms with E-state index in [-0.39, 0.29) is 60.2 Å². The molecule has 1 unspecified atom stereocenters. The lowest BCUT2D eigenvalue weighted by Crippen LogP contribution is -2.66. The third kappa shape index (κ3) is 4.33. The molecule has 0 N–H and O–H groups in total. The van der Waals surface area contributed by atoms with E-state index in [0.717, 1.165) is 24.8 Å². The Bertz CT molecular complexity index is 1360. The van der Waals surface area contributed by atoms with Crippen LogP contribution in [0.15, 0.2) is 23.3 Å². The van der Waals surface area contributed by atoms with Crippen LogP contribution in [0.5, 0.6) is 0 Å². The van der Waals surface area contributed by atoms with Gasteiger partial charge in [-0.25, -0.2) is 4.79 Å². The second-order valence-electron chi connectivity index (χ2n) is 14.4. The summed E-state index contributed by atoms with van der Waals surface area (Å²) in [7, 11) is 0. The zero-order valence-corrected chi connectivity index (χ0v) is 26.7. The van der Waals surface area contributed by atoms with Crippen molar-refractivity contribution in [2.45, 2.75) is 111 Å². The summed E-state index contributed by atoms with van der Waals surface area (Å²) in [6, 6.07) is 0. The quantitative estimate of drug-likeness (QED) is 0.246. The molecule has 1 saturated heterocycles. The lowest BCUT2D eigenvalue weighted by Gasteiger charge is -2.60. The average Bonchev–Trinajstić information content (AvgIpc) is 3.56. The highest BCUT2D eigenvalue weighted by Crippen LogP contribution is 2.73. The number of rotatable bonds is 6. The topological polar surface area (TPSA) is 135 Å². The van der Waals surface area contributed by atoms with Crippen LogP contribution in [0.25, 0.3) is 0 Å². The first-order valence-electron chi connectivity index (χ1n) is 15.9. The molecule has 240 valence electrons. The third-order valence-corrected chi connectivity index (χ3v) is 12.5. The van der Waals surface area contributed by atoms with Gasteiger partial charge in [0.15, 0.2) is 11.9 Å². The molecule has 44 heavy (non-hydrogen) atoms. The summed E-state index contributed by atoms with van der Waals surface area (Å²) in [5, 5.41) is 0. The lowest BCUT2D eigenvalue weighted by molar-refractivity contribution is -0.195. The van der Waals surface area contributed by atoms with Gasteiger partial charge in [0.05, 0.1) is 17.1 Å². The van der Waals surface area contributed by atoms with Crippen LogP contribution in [0.3, 0.4) is 0 Å². The van der Waals surface area contributed by atoms with E-state index in [1.165, 1.54) is 26.8 Å². The summed E-state index contributed by atoms with van der Waals surface area (Å²) in [4.78, 5) is 62.8. The van der Waals surface area contributed by atoms with Gasteiger partial charge in [0.25, 0.3) is 0 Å². The smallest absolute Gasteiger partial charge is 0.337 e. The number of fused-ring (bicyclic) bond motifs is 4. The van der Waals surface area contributed by atoms with Gasteiger partial charge in [0.1, 0.15) is 24.4 Å². The number of cyclic esters (lactones) is 1. The van der Waals surface area contributed by atoms with E-state index in [1.807, 2.05) is 13.8 Å². The van der Waals surface area contributed by atoms with E-state index < -0.39 is 46.5 Å². The highest BCUT2D eigenvalue weighted by Gasteiger charge is 2.82. The number of hydrogen-bond acceptors (Lipinski definition) is 10. The van der Waals surface area contributed by atoms with Crippen molar-refractivity contribution in [3.05, 3.63) is 23.3 Å². The van der Waals surface area contributed by atoms with Crippen molar-refractivity contribution in [1.29, 1.82) is 0 Å². The Morgan fingerprint density at radius 1 is 1.00 bits per heavy atom. The molecule has 12 atom stereocenters. The Balaban J connectivity index is 1.31. The lowest BCUT2D eigenvalue weighted by atomic mass is 9.43. The Hall–Kier alpha value is -3.01. The van der Waals surface area contributed by atoms with Gasteiger partial charge in [0.2, 0.25) is 0 Å². The molecule has 0 radical (unpaired) electrons. The normalized spacial score (nSPS) is 44.3. The predicted octanol–water partition coefficient (Wildman–Crippen LogP) is 4.04. The maximum atomic E-state index is 13.8. The summed E-state index contributed by atoms with van der Waals surface area (Å²) in [6.07, 6.45) is 5.08. The second-order valence-corrected chi connectivity index (χ2v) is 14.4. The van der Waals surface area contributed by atoms with Crippen LogP contribution in [0.2, 0.25) is 0 Å². The molecule has 0 aromatic carbocycles. The minimum absolute atomic E-state index is 0.0307. The molecule has 0 aromatic rings. The van der Waals surface area contributed by atoms with Gasteiger partial charge in [-0.05, 0) is 81.3 Å². The molecule has 10 nitrogen and oxygen atoms in total. The fourth-order valence-electron chi connectivity index (χ4n) is 10.4. The highest BCUT2D eigenvalue weighted by atomic mass is 16.7. The van der Waals surface area contributed by atoms with Crippen LogP contribution in [-0.4, -0.2) is 66.3 Å². The number of epoxide rings is 1. The first-order valence-corrected chi connectivity index (χ1v) is 15.9. The zero-order chi connectivity index (χ0) is 31.9. The van der Waals surface area contributed by atoms with Crippen molar-refractivity contribution in [3.63, 3.8) is 0 Å². The highest BCUT2D eigenvalue weighted by molar-refractivity contribution is 5.98. The van der Waals surface area contributed by atoms with Crippen LogP contribution in [-0.2, 0) is 47.7 Å². The molecule has 3 saturated carbocycles. The number of allylic oxidation sites excluding steroid dienone is 1. The van der Waals surface area contributed by atoms with Crippen molar-refractivity contribution in [2.24, 2.45) is 40.4 Å². The number of carbonyl (C=O) groups excluding carboxylic acids is 5. The molecule has 2 heterocycles. The van der Waals surface area contributed by atoms with E-state index in [9.17, 15) is 24.0 Å². The molecular weight excluding hydrogens is 568 g/mol. The van der Waals surface area contributed by atoms with Crippen LogP contribution < -0.4 is 0 Å². The van der Waals surface area contributed by atoms with Crippen LogP contribution >= 0.6 is 0 Å². The Morgan fingerprint density at radius 3 is 2.34 bits per heavy atom. The van der Waals surface area contributed by atoms with E-state index in [2.05, 4.69) is 13.8 Å². The Labute approximate surface area is 258 Å². The molecule has 6 rings (SSSR count). The summed E-state index contributed by atoms with van der Waals surface area (Å²) in [5.74, 6) is -1.51. The molecule has 2 aliphatic heterocycles. The van der Waals surface area contributed by atoms with Crippen molar-refractivity contribution in [3.8, 4) is 0 Å². The largest absolute Gasteiger partial charge is 0.462 e. The van der Waals surface area contributed by atoms with Gasteiger partial charge in [-0.2, -0.15) is 0 Å². The second kappa shape index (κ2) is 10.5. The minimum atomic E-state index is -0.933. The number of ether oxygens (including phenoxy) is 5. The monoisotopic (exact) mass is 612 g/mol. The zero-order valence-electron chi connectivity index (χ0n) is 26.7. The first-order chi connectivity index (χ1) is 20.7. The number of esters is 4. The van der Waals surface area contributed by atoms with Crippen LogP contribution in [0.1, 0.15) is 80.6 Å². The van der Waals surface area contributed by atoms with E-state index in [4.69, 9.17) is 23.7 Å². The third-order valence-electron chi connectivity index (χ3n) is 12.5. The molecule has 0 bridgehead atoms. The number of hydrogen-bond donors (Lipinski definition) is 0. The van der Waals surface area contributed by atoms with Gasteiger partial charge in [-0.15, -0.1) is 0 Å². The number of carbonyl (C=O) groups is 5. The summed E-state index contributed by atoms with van der Waals surface area (Å²) in [5.41, 5.74) is -1.01. The van der Waals surface area contributed by atoms with E-state index >= 15 is 0 Å². The summed E-state index contributed by atoms with van der Waals surface area (Å²) in [6.45, 7) is 12.2.